The highest BCUT2D eigenvalue weighted by atomic mass is 32.2. The first-order valence-electron chi connectivity index (χ1n) is 8.89. The maximum atomic E-state index is 14.2. The monoisotopic (exact) mass is 383 g/mol. The van der Waals surface area contributed by atoms with Crippen molar-refractivity contribution in [1.29, 1.82) is 0 Å². The molecule has 0 unspecified atom stereocenters. The summed E-state index contributed by atoms with van der Waals surface area (Å²) in [6.45, 7) is 1.88. The van der Waals surface area contributed by atoms with Crippen molar-refractivity contribution < 1.29 is 22.7 Å². The second kappa shape index (κ2) is 9.28. The molecule has 3 atom stereocenters. The van der Waals surface area contributed by atoms with Gasteiger partial charge >= 0.3 is 5.97 Å². The van der Waals surface area contributed by atoms with Crippen LogP contribution >= 0.6 is 0 Å². The molecule has 1 aromatic rings. The first kappa shape index (κ1) is 20.6. The lowest BCUT2D eigenvalue weighted by Crippen LogP contribution is -2.38. The Morgan fingerprint density at radius 2 is 1.96 bits per heavy atom. The number of rotatable bonds is 9. The number of unbranched alkanes of at least 4 members (excludes halogenated alkanes) is 1. The molecule has 1 fully saturated rings. The Morgan fingerprint density at radius 3 is 2.62 bits per heavy atom. The molecule has 0 saturated heterocycles. The molecule has 7 heteroatoms. The zero-order chi connectivity index (χ0) is 19.2. The van der Waals surface area contributed by atoms with Crippen LogP contribution in [0.5, 0.6) is 0 Å². The average molecular weight is 383 g/mol. The molecule has 144 valence electrons. The zero-order valence-corrected chi connectivity index (χ0v) is 15.7. The lowest BCUT2D eigenvalue weighted by Gasteiger charge is -2.21. The molecule has 2 N–H and O–H groups in total. The number of halogens is 1. The third-order valence-electron chi connectivity index (χ3n) is 4.71. The molecule has 0 bridgehead atoms. The van der Waals surface area contributed by atoms with E-state index in [1.807, 2.05) is 19.1 Å². The Hall–Kier alpha value is -1.73. The molecule has 0 amide bonds. The Morgan fingerprint density at radius 1 is 1.27 bits per heavy atom. The van der Waals surface area contributed by atoms with Crippen LogP contribution in [0.2, 0.25) is 0 Å². The van der Waals surface area contributed by atoms with Crippen LogP contribution in [0.3, 0.4) is 0 Å². The van der Waals surface area contributed by atoms with Crippen LogP contribution in [0.1, 0.15) is 44.1 Å². The molecule has 0 spiro atoms. The van der Waals surface area contributed by atoms with E-state index in [2.05, 4.69) is 4.72 Å². The van der Waals surface area contributed by atoms with E-state index in [4.69, 9.17) is 5.11 Å². The molecule has 1 saturated carbocycles. The van der Waals surface area contributed by atoms with Crippen LogP contribution in [-0.4, -0.2) is 31.7 Å². The average Bonchev–Trinajstić information content (AvgIpc) is 2.90. The van der Waals surface area contributed by atoms with E-state index < -0.39 is 34.1 Å². The summed E-state index contributed by atoms with van der Waals surface area (Å²) in [7, 11) is -3.67. The van der Waals surface area contributed by atoms with Gasteiger partial charge in [0.05, 0.1) is 4.90 Å². The van der Waals surface area contributed by atoms with Gasteiger partial charge in [-0.3, -0.25) is 4.79 Å². The van der Waals surface area contributed by atoms with Crippen LogP contribution < -0.4 is 4.72 Å². The van der Waals surface area contributed by atoms with Gasteiger partial charge in [-0.2, -0.15) is 0 Å². The largest absolute Gasteiger partial charge is 0.481 e. The van der Waals surface area contributed by atoms with Crippen molar-refractivity contribution in [2.75, 3.05) is 0 Å². The molecule has 0 radical (unpaired) electrons. The molecule has 5 nitrogen and oxygen atoms in total. The Labute approximate surface area is 154 Å². The third-order valence-corrected chi connectivity index (χ3v) is 6.21. The highest BCUT2D eigenvalue weighted by Gasteiger charge is 2.37. The Balaban J connectivity index is 1.94. The van der Waals surface area contributed by atoms with Gasteiger partial charge in [0.2, 0.25) is 10.0 Å². The fourth-order valence-corrected chi connectivity index (χ4v) is 4.53. The van der Waals surface area contributed by atoms with Crippen molar-refractivity contribution in [2.24, 2.45) is 5.92 Å². The minimum absolute atomic E-state index is 0.110. The summed E-state index contributed by atoms with van der Waals surface area (Å²) in [5, 5.41) is 8.59. The lowest BCUT2D eigenvalue weighted by atomic mass is 9.98. The smallest absolute Gasteiger partial charge is 0.303 e. The number of sulfonamides is 1. The zero-order valence-electron chi connectivity index (χ0n) is 14.9. The van der Waals surface area contributed by atoms with Crippen LogP contribution in [-0.2, 0) is 14.8 Å². The number of carboxylic acids is 1. The van der Waals surface area contributed by atoms with E-state index in [1.54, 1.807) is 24.3 Å². The summed E-state index contributed by atoms with van der Waals surface area (Å²) < 4.78 is 41.9. The van der Waals surface area contributed by atoms with Crippen molar-refractivity contribution >= 4 is 16.0 Å². The minimum atomic E-state index is -3.67. The first-order valence-corrected chi connectivity index (χ1v) is 10.4. The summed E-state index contributed by atoms with van der Waals surface area (Å²) in [5.41, 5.74) is 0.972. The number of nitrogens with one attached hydrogen (secondary N) is 1. The number of allylic oxidation sites excluding steroid dienone is 2. The van der Waals surface area contributed by atoms with Crippen molar-refractivity contribution in [3.8, 4) is 0 Å². The van der Waals surface area contributed by atoms with E-state index in [9.17, 15) is 17.6 Å². The number of alkyl halides is 1. The second-order valence-electron chi connectivity index (χ2n) is 6.79. The summed E-state index contributed by atoms with van der Waals surface area (Å²) >= 11 is 0. The summed E-state index contributed by atoms with van der Waals surface area (Å²) in [5.74, 6) is -1.23. The quantitative estimate of drug-likeness (QED) is 0.504. The number of hydrogen-bond donors (Lipinski definition) is 2. The molecule has 1 aliphatic carbocycles. The van der Waals surface area contributed by atoms with Gasteiger partial charge in [-0.1, -0.05) is 29.8 Å². The lowest BCUT2D eigenvalue weighted by molar-refractivity contribution is -0.137. The molecular weight excluding hydrogens is 357 g/mol. The molecule has 0 aliphatic heterocycles. The van der Waals surface area contributed by atoms with Gasteiger partial charge in [-0.05, 0) is 51.2 Å². The minimum Gasteiger partial charge on any atom is -0.481 e. The van der Waals surface area contributed by atoms with Crippen LogP contribution in [0, 0.1) is 12.8 Å². The molecule has 1 aromatic carbocycles. The molecule has 0 aromatic heterocycles. The van der Waals surface area contributed by atoms with Gasteiger partial charge in [0, 0.05) is 18.4 Å². The predicted octanol–water partition coefficient (Wildman–Crippen LogP) is 3.59. The SMILES string of the molecule is Cc1ccc(S(=O)(=O)N[C@H]2CC[C@@H](F)[C@@H]2C/C=C\CCCC(=O)O)cc1. The van der Waals surface area contributed by atoms with Crippen LogP contribution in [0.15, 0.2) is 41.3 Å². The van der Waals surface area contributed by atoms with Gasteiger partial charge in [0.25, 0.3) is 0 Å². The van der Waals surface area contributed by atoms with Gasteiger partial charge in [0.1, 0.15) is 6.17 Å². The number of carboxylic acid groups (broad SMARTS) is 1. The summed E-state index contributed by atoms with van der Waals surface area (Å²) in [6, 6.07) is 6.14. The predicted molar refractivity (Wildman–Crippen MR) is 98.2 cm³/mol. The van der Waals surface area contributed by atoms with E-state index in [1.165, 1.54) is 0 Å². The summed E-state index contributed by atoms with van der Waals surface area (Å²) in [4.78, 5) is 10.6. The number of hydrogen-bond acceptors (Lipinski definition) is 3. The number of carbonyl (C=O) groups is 1. The van der Waals surface area contributed by atoms with Crippen molar-refractivity contribution in [1.82, 2.24) is 4.72 Å². The number of aryl methyl sites for hydroxylation is 1. The third kappa shape index (κ3) is 5.92. The van der Waals surface area contributed by atoms with Crippen molar-refractivity contribution in [3.05, 3.63) is 42.0 Å². The first-order chi connectivity index (χ1) is 12.3. The van der Waals surface area contributed by atoms with Gasteiger partial charge in [-0.15, -0.1) is 0 Å². The highest BCUT2D eigenvalue weighted by Crippen LogP contribution is 2.33. The maximum absolute atomic E-state index is 14.2. The van der Waals surface area contributed by atoms with Crippen molar-refractivity contribution in [3.63, 3.8) is 0 Å². The Bertz CT molecular complexity index is 730. The van der Waals surface area contributed by atoms with E-state index in [0.29, 0.717) is 32.1 Å². The molecule has 1 aliphatic rings. The van der Waals surface area contributed by atoms with Crippen LogP contribution in [0.4, 0.5) is 4.39 Å². The fourth-order valence-electron chi connectivity index (χ4n) is 3.20. The second-order valence-corrected chi connectivity index (χ2v) is 8.51. The number of aliphatic carboxylic acids is 1. The number of benzene rings is 1. The standard InChI is InChI=1S/C19H26FNO4S/c1-14-8-10-15(11-9-14)26(24,25)21-18-13-12-17(20)16(18)6-4-2-3-5-7-19(22)23/h2,4,8-11,16-18,21H,3,5-7,12-13H2,1H3,(H,22,23)/b4-2-/t16-,17+,18-/m0/s1. The topological polar surface area (TPSA) is 83.5 Å². The van der Waals surface area contributed by atoms with Gasteiger partial charge in [0.15, 0.2) is 0 Å². The Kier molecular flexibility index (Phi) is 7.34. The fraction of sp³-hybridized carbons (Fsp3) is 0.526. The summed E-state index contributed by atoms with van der Waals surface area (Å²) in [6.07, 6.45) is 5.17. The molecule has 2 rings (SSSR count). The highest BCUT2D eigenvalue weighted by molar-refractivity contribution is 7.89. The van der Waals surface area contributed by atoms with E-state index >= 15 is 0 Å². The van der Waals surface area contributed by atoms with E-state index in [0.717, 1.165) is 5.56 Å². The molecule has 26 heavy (non-hydrogen) atoms. The maximum Gasteiger partial charge on any atom is 0.303 e. The van der Waals surface area contributed by atoms with Gasteiger partial charge in [-0.25, -0.2) is 17.5 Å². The van der Waals surface area contributed by atoms with Crippen LogP contribution in [0.25, 0.3) is 0 Å². The van der Waals surface area contributed by atoms with Gasteiger partial charge < -0.3 is 5.11 Å². The van der Waals surface area contributed by atoms with Crippen molar-refractivity contribution in [2.45, 2.75) is 62.6 Å². The van der Waals surface area contributed by atoms with E-state index in [-0.39, 0.29) is 11.3 Å². The normalized spacial score (nSPS) is 23.5. The molecular formula is C19H26FNO4S. The molecule has 0 heterocycles.